The van der Waals surface area contributed by atoms with Gasteiger partial charge in [0.05, 0.1) is 13.2 Å². The molecule has 0 spiro atoms. The number of hydrogen-bond donors (Lipinski definition) is 2. The normalized spacial score (nSPS) is 12.4. The molecule has 0 radical (unpaired) electrons. The average molecular weight is 474 g/mol. The number of nitrogens with zero attached hydrogens (tertiary/aromatic N) is 2. The van der Waals surface area contributed by atoms with Crippen molar-refractivity contribution in [2.75, 3.05) is 34.8 Å². The van der Waals surface area contributed by atoms with Gasteiger partial charge in [-0.25, -0.2) is 0 Å². The highest BCUT2D eigenvalue weighted by atomic mass is 127. The summed E-state index contributed by atoms with van der Waals surface area (Å²) in [4.78, 5) is 7.87. The lowest BCUT2D eigenvalue weighted by Crippen LogP contribution is -2.41. The molecule has 1 atom stereocenters. The number of likely N-dealkylation sites (N-methyl/N-ethyl adjacent to an activating group) is 1. The molecule has 7 heteroatoms. The highest BCUT2D eigenvalue weighted by Crippen LogP contribution is 2.22. The molecule has 138 valence electrons. The standard InChI is InChI=1S/C18H26N4OS.HI/c1-19-18(20-12-14-7-5-8-15(11-14)23-4)21-13-16(22(2)3)17-9-6-10-24-17;/h5-11,16H,12-13H2,1-4H3,(H2,19,20,21);1H. The number of ether oxygens (including phenoxy) is 1. The Morgan fingerprint density at radius 2 is 2.04 bits per heavy atom. The first-order valence-electron chi connectivity index (χ1n) is 7.91. The largest absolute Gasteiger partial charge is 0.497 e. The Morgan fingerprint density at radius 3 is 2.64 bits per heavy atom. The van der Waals surface area contributed by atoms with Crippen LogP contribution in [0.3, 0.4) is 0 Å². The molecule has 0 amide bonds. The third kappa shape index (κ3) is 6.83. The summed E-state index contributed by atoms with van der Waals surface area (Å²) in [6, 6.07) is 12.6. The van der Waals surface area contributed by atoms with E-state index >= 15 is 0 Å². The van der Waals surface area contributed by atoms with Crippen LogP contribution in [-0.4, -0.2) is 45.7 Å². The van der Waals surface area contributed by atoms with E-state index < -0.39 is 0 Å². The molecule has 1 aromatic carbocycles. The summed E-state index contributed by atoms with van der Waals surface area (Å²) in [5, 5.41) is 8.87. The number of thiophene rings is 1. The summed E-state index contributed by atoms with van der Waals surface area (Å²) in [6.45, 7) is 1.49. The van der Waals surface area contributed by atoms with Gasteiger partial charge in [0.2, 0.25) is 0 Å². The van der Waals surface area contributed by atoms with Gasteiger partial charge in [0, 0.05) is 25.0 Å². The zero-order valence-corrected chi connectivity index (χ0v) is 18.3. The maximum absolute atomic E-state index is 5.26. The molecule has 0 saturated heterocycles. The van der Waals surface area contributed by atoms with Gasteiger partial charge < -0.3 is 20.3 Å². The van der Waals surface area contributed by atoms with E-state index in [1.54, 1.807) is 25.5 Å². The summed E-state index contributed by atoms with van der Waals surface area (Å²) in [7, 11) is 7.66. The maximum atomic E-state index is 5.26. The topological polar surface area (TPSA) is 48.9 Å². The lowest BCUT2D eigenvalue weighted by Gasteiger charge is -2.24. The second-order valence-electron chi connectivity index (χ2n) is 5.65. The van der Waals surface area contributed by atoms with Gasteiger partial charge in [-0.3, -0.25) is 4.99 Å². The third-order valence-corrected chi connectivity index (χ3v) is 4.75. The molecule has 2 aromatic rings. The fourth-order valence-corrected chi connectivity index (χ4v) is 3.32. The number of aliphatic imine (C=N–C) groups is 1. The van der Waals surface area contributed by atoms with Crippen molar-refractivity contribution in [1.82, 2.24) is 15.5 Å². The van der Waals surface area contributed by atoms with E-state index in [0.29, 0.717) is 12.6 Å². The lowest BCUT2D eigenvalue weighted by molar-refractivity contribution is 0.302. The number of hydrogen-bond acceptors (Lipinski definition) is 4. The minimum absolute atomic E-state index is 0. The third-order valence-electron chi connectivity index (χ3n) is 3.78. The lowest BCUT2D eigenvalue weighted by atomic mass is 10.2. The van der Waals surface area contributed by atoms with Crippen molar-refractivity contribution in [3.05, 3.63) is 52.2 Å². The molecule has 2 rings (SSSR count). The zero-order valence-electron chi connectivity index (χ0n) is 15.2. The van der Waals surface area contributed by atoms with E-state index in [2.05, 4.69) is 58.2 Å². The molecule has 25 heavy (non-hydrogen) atoms. The smallest absolute Gasteiger partial charge is 0.191 e. The molecule has 0 fully saturated rings. The molecule has 0 aliphatic carbocycles. The number of methoxy groups -OCH3 is 1. The molecule has 0 aliphatic heterocycles. The van der Waals surface area contributed by atoms with Gasteiger partial charge in [-0.15, -0.1) is 35.3 Å². The monoisotopic (exact) mass is 474 g/mol. The van der Waals surface area contributed by atoms with Gasteiger partial charge in [-0.2, -0.15) is 0 Å². The molecule has 5 nitrogen and oxygen atoms in total. The van der Waals surface area contributed by atoms with Crippen LogP contribution in [0.25, 0.3) is 0 Å². The van der Waals surface area contributed by atoms with E-state index in [1.807, 2.05) is 18.2 Å². The van der Waals surface area contributed by atoms with Crippen LogP contribution >= 0.6 is 35.3 Å². The highest BCUT2D eigenvalue weighted by molar-refractivity contribution is 14.0. The molecular formula is C18H27IN4OS. The van der Waals surface area contributed by atoms with Gasteiger partial charge >= 0.3 is 0 Å². The van der Waals surface area contributed by atoms with Crippen LogP contribution in [0.5, 0.6) is 5.75 Å². The molecule has 1 aromatic heterocycles. The van der Waals surface area contributed by atoms with Crippen molar-refractivity contribution < 1.29 is 4.74 Å². The maximum Gasteiger partial charge on any atom is 0.191 e. The van der Waals surface area contributed by atoms with Crippen LogP contribution in [0.15, 0.2) is 46.8 Å². The molecule has 0 aliphatic rings. The number of benzene rings is 1. The Kier molecular flexibility index (Phi) is 9.84. The SMILES string of the molecule is CN=C(NCc1cccc(OC)c1)NCC(c1cccs1)N(C)C.I. The van der Waals surface area contributed by atoms with Crippen molar-refractivity contribution in [2.24, 2.45) is 4.99 Å². The Balaban J connectivity index is 0.00000312. The van der Waals surface area contributed by atoms with Crippen molar-refractivity contribution in [3.8, 4) is 5.75 Å². The minimum Gasteiger partial charge on any atom is -0.497 e. The first-order chi connectivity index (χ1) is 11.6. The van der Waals surface area contributed by atoms with Gasteiger partial charge in [-0.05, 0) is 43.2 Å². The van der Waals surface area contributed by atoms with Crippen LogP contribution in [-0.2, 0) is 6.54 Å². The second kappa shape index (κ2) is 11.3. The van der Waals surface area contributed by atoms with Crippen LogP contribution in [0, 0.1) is 0 Å². The van der Waals surface area contributed by atoms with Gasteiger partial charge in [0.1, 0.15) is 5.75 Å². The second-order valence-corrected chi connectivity index (χ2v) is 6.63. The van der Waals surface area contributed by atoms with Crippen molar-refractivity contribution in [2.45, 2.75) is 12.6 Å². The van der Waals surface area contributed by atoms with Gasteiger partial charge in [0.25, 0.3) is 0 Å². The Hall–Kier alpha value is -1.32. The highest BCUT2D eigenvalue weighted by Gasteiger charge is 2.15. The van der Waals surface area contributed by atoms with E-state index in [-0.39, 0.29) is 24.0 Å². The van der Waals surface area contributed by atoms with E-state index in [1.165, 1.54) is 4.88 Å². The average Bonchev–Trinajstić information content (AvgIpc) is 3.12. The van der Waals surface area contributed by atoms with Gasteiger partial charge in [-0.1, -0.05) is 18.2 Å². The minimum atomic E-state index is 0. The van der Waals surface area contributed by atoms with E-state index in [4.69, 9.17) is 4.74 Å². The molecular weight excluding hydrogens is 447 g/mol. The molecule has 0 bridgehead atoms. The van der Waals surface area contributed by atoms with Crippen LogP contribution in [0.4, 0.5) is 0 Å². The Labute approximate surface area is 171 Å². The summed E-state index contributed by atoms with van der Waals surface area (Å²) >= 11 is 1.78. The van der Waals surface area contributed by atoms with Gasteiger partial charge in [0.15, 0.2) is 5.96 Å². The van der Waals surface area contributed by atoms with Crippen LogP contribution in [0.2, 0.25) is 0 Å². The predicted octanol–water partition coefficient (Wildman–Crippen LogP) is 3.34. The predicted molar refractivity (Wildman–Crippen MR) is 117 cm³/mol. The Bertz CT molecular complexity index is 646. The number of halogens is 1. The zero-order chi connectivity index (χ0) is 17.4. The fraction of sp³-hybridized carbons (Fsp3) is 0.389. The van der Waals surface area contributed by atoms with E-state index in [9.17, 15) is 0 Å². The summed E-state index contributed by atoms with van der Waals surface area (Å²) in [6.07, 6.45) is 0. The quantitative estimate of drug-likeness (QED) is 0.367. The first kappa shape index (κ1) is 21.7. The van der Waals surface area contributed by atoms with E-state index in [0.717, 1.165) is 23.8 Å². The summed E-state index contributed by atoms with van der Waals surface area (Å²) in [5.74, 6) is 1.66. The van der Waals surface area contributed by atoms with Crippen LogP contribution < -0.4 is 15.4 Å². The molecule has 0 saturated carbocycles. The summed E-state index contributed by atoms with van der Waals surface area (Å²) < 4.78 is 5.26. The van der Waals surface area contributed by atoms with Crippen molar-refractivity contribution in [1.29, 1.82) is 0 Å². The number of rotatable bonds is 7. The van der Waals surface area contributed by atoms with Crippen LogP contribution in [0.1, 0.15) is 16.5 Å². The number of guanidine groups is 1. The summed E-state index contributed by atoms with van der Waals surface area (Å²) in [5.41, 5.74) is 1.15. The molecule has 1 heterocycles. The molecule has 2 N–H and O–H groups in total. The van der Waals surface area contributed by atoms with Crippen molar-refractivity contribution >= 4 is 41.3 Å². The molecule has 1 unspecified atom stereocenters. The first-order valence-corrected chi connectivity index (χ1v) is 8.79. The van der Waals surface area contributed by atoms with Crippen molar-refractivity contribution in [3.63, 3.8) is 0 Å². The Morgan fingerprint density at radius 1 is 1.24 bits per heavy atom. The fourth-order valence-electron chi connectivity index (χ4n) is 2.40. The number of nitrogens with one attached hydrogen (secondary N) is 2.